The second-order valence-corrected chi connectivity index (χ2v) is 11.4. The maximum Gasteiger partial charge on any atom is 0.296 e. The van der Waals surface area contributed by atoms with Crippen molar-refractivity contribution >= 4 is 50.9 Å². The number of furan rings is 1. The number of hydrogen-bond donors (Lipinski definition) is 1. The second kappa shape index (κ2) is 10.6. The minimum absolute atomic E-state index is 0.0301. The molecule has 5 aromatic rings. The fourth-order valence-corrected chi connectivity index (χ4v) is 6.37. The lowest BCUT2D eigenvalue weighted by atomic mass is 9.95. The molecule has 0 fully saturated rings. The van der Waals surface area contributed by atoms with E-state index in [-0.39, 0.29) is 16.5 Å². The molecule has 6 rings (SSSR count). The predicted octanol–water partition coefficient (Wildman–Crippen LogP) is 6.68. The van der Waals surface area contributed by atoms with Crippen LogP contribution in [0.3, 0.4) is 0 Å². The highest BCUT2D eigenvalue weighted by Gasteiger charge is 2.46. The number of aliphatic hydroxyl groups excluding tert-OH is 1. The summed E-state index contributed by atoms with van der Waals surface area (Å²) in [6.45, 7) is 2.04. The molecule has 1 aliphatic heterocycles. The Hall–Kier alpha value is -4.41. The standard InChI is InChI=1S/C30H23N3O5S2/c1-17-7-9-18(10-8-17)16-39-30-32-31-29(40-30)33-25(19-11-13-21(37-2)14-12-19)24(27(35)28(33)36)26(34)23-15-20-5-3-4-6-22(20)38-23/h3-15,25,35H,16H2,1-2H3. The number of carbonyl (C=O) groups excluding carboxylic acids is 2. The van der Waals surface area contributed by atoms with Gasteiger partial charge in [-0.05, 0) is 42.3 Å². The zero-order chi connectivity index (χ0) is 27.8. The van der Waals surface area contributed by atoms with E-state index in [2.05, 4.69) is 34.5 Å². The highest BCUT2D eigenvalue weighted by molar-refractivity contribution is 8.00. The molecular formula is C30H23N3O5S2. The summed E-state index contributed by atoms with van der Waals surface area (Å²) in [5, 5.41) is 20.6. The van der Waals surface area contributed by atoms with Gasteiger partial charge in [-0.25, -0.2) is 0 Å². The van der Waals surface area contributed by atoms with Crippen LogP contribution in [0.2, 0.25) is 0 Å². The molecule has 1 N–H and O–H groups in total. The molecule has 8 nitrogen and oxygen atoms in total. The van der Waals surface area contributed by atoms with Crippen molar-refractivity contribution < 1.29 is 23.8 Å². The van der Waals surface area contributed by atoms with Crippen molar-refractivity contribution in [3.63, 3.8) is 0 Å². The van der Waals surface area contributed by atoms with Gasteiger partial charge >= 0.3 is 0 Å². The van der Waals surface area contributed by atoms with Crippen LogP contribution in [0, 0.1) is 6.92 Å². The lowest BCUT2D eigenvalue weighted by Gasteiger charge is -2.24. The Bertz CT molecular complexity index is 1720. The number of carbonyl (C=O) groups is 2. The van der Waals surface area contributed by atoms with E-state index in [9.17, 15) is 14.7 Å². The maximum absolute atomic E-state index is 13.8. The monoisotopic (exact) mass is 569 g/mol. The van der Waals surface area contributed by atoms with Crippen LogP contribution in [0.4, 0.5) is 5.13 Å². The smallest absolute Gasteiger partial charge is 0.296 e. The zero-order valence-corrected chi connectivity index (χ0v) is 23.2. The molecule has 0 saturated heterocycles. The number of para-hydroxylation sites is 1. The number of methoxy groups -OCH3 is 1. The van der Waals surface area contributed by atoms with Crippen LogP contribution in [0.1, 0.15) is 33.3 Å². The van der Waals surface area contributed by atoms with Gasteiger partial charge in [0.2, 0.25) is 10.9 Å². The number of rotatable bonds is 8. The first-order valence-corrected chi connectivity index (χ1v) is 14.2. The first-order valence-electron chi connectivity index (χ1n) is 12.4. The average Bonchev–Trinajstić information content (AvgIpc) is 3.69. The Morgan fingerprint density at radius 2 is 1.82 bits per heavy atom. The van der Waals surface area contributed by atoms with E-state index < -0.39 is 23.5 Å². The van der Waals surface area contributed by atoms with Crippen molar-refractivity contribution in [2.75, 3.05) is 12.0 Å². The largest absolute Gasteiger partial charge is 0.503 e. The summed E-state index contributed by atoms with van der Waals surface area (Å²) in [6.07, 6.45) is 0. The summed E-state index contributed by atoms with van der Waals surface area (Å²) in [5.41, 5.74) is 3.37. The minimum Gasteiger partial charge on any atom is -0.503 e. The van der Waals surface area contributed by atoms with Gasteiger partial charge in [0.15, 0.2) is 15.9 Å². The highest BCUT2D eigenvalue weighted by Crippen LogP contribution is 2.44. The zero-order valence-electron chi connectivity index (χ0n) is 21.5. The van der Waals surface area contributed by atoms with Gasteiger partial charge in [0.1, 0.15) is 11.3 Å². The van der Waals surface area contributed by atoms with Gasteiger partial charge in [-0.15, -0.1) is 10.2 Å². The molecular weight excluding hydrogens is 546 g/mol. The van der Waals surface area contributed by atoms with Crippen LogP contribution < -0.4 is 9.64 Å². The molecule has 0 aliphatic carbocycles. The van der Waals surface area contributed by atoms with E-state index in [1.807, 2.05) is 25.1 Å². The fourth-order valence-electron chi connectivity index (χ4n) is 4.55. The third kappa shape index (κ3) is 4.76. The number of benzene rings is 3. The topological polar surface area (TPSA) is 106 Å². The number of amides is 1. The number of aryl methyl sites for hydroxylation is 1. The number of ketones is 1. The van der Waals surface area contributed by atoms with Crippen molar-refractivity contribution in [2.45, 2.75) is 23.1 Å². The molecule has 3 aromatic carbocycles. The normalized spacial score (nSPS) is 15.3. The van der Waals surface area contributed by atoms with E-state index in [4.69, 9.17) is 9.15 Å². The van der Waals surface area contributed by atoms with E-state index >= 15 is 0 Å². The molecule has 200 valence electrons. The van der Waals surface area contributed by atoms with Crippen LogP contribution in [-0.2, 0) is 10.5 Å². The van der Waals surface area contributed by atoms with Crippen LogP contribution in [0.5, 0.6) is 5.75 Å². The van der Waals surface area contributed by atoms with Crippen molar-refractivity contribution in [3.8, 4) is 5.75 Å². The van der Waals surface area contributed by atoms with Gasteiger partial charge in [-0.3, -0.25) is 14.5 Å². The molecule has 0 bridgehead atoms. The van der Waals surface area contributed by atoms with Crippen LogP contribution >= 0.6 is 23.1 Å². The van der Waals surface area contributed by atoms with Gasteiger partial charge in [0, 0.05) is 11.1 Å². The number of aliphatic hydroxyl groups is 1. The SMILES string of the molecule is COc1ccc(C2C(C(=O)c3cc4ccccc4o3)=C(O)C(=O)N2c2nnc(SCc3ccc(C)cc3)s2)cc1. The summed E-state index contributed by atoms with van der Waals surface area (Å²) in [5.74, 6) is -0.624. The summed E-state index contributed by atoms with van der Waals surface area (Å²) < 4.78 is 11.7. The fraction of sp³-hybridized carbons (Fsp3) is 0.133. The van der Waals surface area contributed by atoms with E-state index in [0.29, 0.717) is 27.0 Å². The molecule has 0 spiro atoms. The number of nitrogens with zero attached hydrogens (tertiary/aromatic N) is 3. The third-order valence-electron chi connectivity index (χ3n) is 6.62. The highest BCUT2D eigenvalue weighted by atomic mass is 32.2. The molecule has 1 amide bonds. The van der Waals surface area contributed by atoms with Gasteiger partial charge < -0.3 is 14.3 Å². The number of aromatic nitrogens is 2. The number of ether oxygens (including phenoxy) is 1. The average molecular weight is 570 g/mol. The summed E-state index contributed by atoms with van der Waals surface area (Å²) >= 11 is 2.73. The van der Waals surface area contributed by atoms with Crippen LogP contribution in [0.15, 0.2) is 99.0 Å². The Morgan fingerprint density at radius 1 is 1.07 bits per heavy atom. The number of hydrogen-bond acceptors (Lipinski definition) is 9. The van der Waals surface area contributed by atoms with Gasteiger partial charge in [0.25, 0.3) is 5.91 Å². The maximum atomic E-state index is 13.8. The molecule has 1 atom stereocenters. The van der Waals surface area contributed by atoms with Crippen LogP contribution in [-0.4, -0.2) is 34.1 Å². The predicted molar refractivity (Wildman–Crippen MR) is 154 cm³/mol. The second-order valence-electron chi connectivity index (χ2n) is 9.22. The Balaban J connectivity index is 1.36. The van der Waals surface area contributed by atoms with Crippen LogP contribution in [0.25, 0.3) is 11.0 Å². The first-order chi connectivity index (χ1) is 19.4. The Labute approximate surface area is 237 Å². The minimum atomic E-state index is -0.943. The van der Waals surface area contributed by atoms with Gasteiger partial charge in [0.05, 0.1) is 18.7 Å². The molecule has 0 radical (unpaired) electrons. The van der Waals surface area contributed by atoms with Crippen molar-refractivity contribution in [2.24, 2.45) is 0 Å². The van der Waals surface area contributed by atoms with Crippen molar-refractivity contribution in [3.05, 3.63) is 113 Å². The molecule has 3 heterocycles. The lowest BCUT2D eigenvalue weighted by molar-refractivity contribution is -0.117. The van der Waals surface area contributed by atoms with Gasteiger partial charge in [-0.2, -0.15) is 0 Å². The lowest BCUT2D eigenvalue weighted by Crippen LogP contribution is -2.31. The van der Waals surface area contributed by atoms with E-state index in [0.717, 1.165) is 10.9 Å². The summed E-state index contributed by atoms with van der Waals surface area (Å²) in [7, 11) is 1.56. The number of fused-ring (bicyclic) bond motifs is 1. The third-order valence-corrected chi connectivity index (χ3v) is 8.75. The summed E-state index contributed by atoms with van der Waals surface area (Å²) in [6, 6.07) is 23.1. The molecule has 40 heavy (non-hydrogen) atoms. The Morgan fingerprint density at radius 3 is 2.55 bits per heavy atom. The number of thioether (sulfide) groups is 1. The summed E-state index contributed by atoms with van der Waals surface area (Å²) in [4.78, 5) is 28.6. The van der Waals surface area contributed by atoms with Gasteiger partial charge in [-0.1, -0.05) is 83.3 Å². The number of Topliss-reactive ketones (excluding diaryl/α,β-unsaturated/α-hetero) is 1. The van der Waals surface area contributed by atoms with Crippen molar-refractivity contribution in [1.82, 2.24) is 10.2 Å². The Kier molecular flexibility index (Phi) is 6.87. The number of anilines is 1. The van der Waals surface area contributed by atoms with Crippen molar-refractivity contribution in [1.29, 1.82) is 0 Å². The molecule has 1 aliphatic rings. The quantitative estimate of drug-likeness (QED) is 0.125. The molecule has 1 unspecified atom stereocenters. The van der Waals surface area contributed by atoms with E-state index in [1.165, 1.54) is 33.6 Å². The van der Waals surface area contributed by atoms with E-state index in [1.54, 1.807) is 43.5 Å². The molecule has 2 aromatic heterocycles. The molecule has 10 heteroatoms. The first kappa shape index (κ1) is 25.8. The molecule has 0 saturated carbocycles.